The Kier molecular flexibility index (Phi) is 6.74. The summed E-state index contributed by atoms with van der Waals surface area (Å²) < 4.78 is 44.0. The van der Waals surface area contributed by atoms with E-state index in [2.05, 4.69) is 10.6 Å². The van der Waals surface area contributed by atoms with Crippen LogP contribution in [-0.2, 0) is 17.5 Å². The van der Waals surface area contributed by atoms with Gasteiger partial charge < -0.3 is 10.1 Å². The molecule has 4 nitrogen and oxygen atoms in total. The number of carbonyl (C=O) groups is 1. The highest BCUT2D eigenvalue weighted by Crippen LogP contribution is 2.31. The zero-order chi connectivity index (χ0) is 21.6. The van der Waals surface area contributed by atoms with E-state index in [9.17, 15) is 18.0 Å². The largest absolute Gasteiger partial charge is 0.497 e. The molecule has 3 aromatic rings. The van der Waals surface area contributed by atoms with E-state index < -0.39 is 23.7 Å². The predicted molar refractivity (Wildman–Crippen MR) is 109 cm³/mol. The minimum Gasteiger partial charge on any atom is -0.497 e. The molecule has 0 bridgehead atoms. The molecule has 1 atom stereocenters. The number of carbonyl (C=O) groups excluding carboxylic acids is 1. The molecule has 3 rings (SSSR count). The number of hydrogen-bond acceptors (Lipinski definition) is 3. The van der Waals surface area contributed by atoms with E-state index in [4.69, 9.17) is 4.74 Å². The van der Waals surface area contributed by atoms with E-state index in [1.54, 1.807) is 31.4 Å². The van der Waals surface area contributed by atoms with Crippen molar-refractivity contribution in [2.75, 3.05) is 12.4 Å². The minimum absolute atomic E-state index is 0.0852. The van der Waals surface area contributed by atoms with Crippen molar-refractivity contribution < 1.29 is 22.7 Å². The molecule has 7 heteroatoms. The Morgan fingerprint density at radius 2 is 1.67 bits per heavy atom. The average molecular weight is 414 g/mol. The van der Waals surface area contributed by atoms with Gasteiger partial charge in [0.05, 0.1) is 12.7 Å². The number of alkyl halides is 3. The molecule has 1 unspecified atom stereocenters. The van der Waals surface area contributed by atoms with Gasteiger partial charge >= 0.3 is 6.18 Å². The van der Waals surface area contributed by atoms with Gasteiger partial charge in [0.15, 0.2) is 0 Å². The molecule has 1 amide bonds. The maximum atomic E-state index is 13.0. The molecule has 0 aliphatic heterocycles. The van der Waals surface area contributed by atoms with Crippen LogP contribution in [0.3, 0.4) is 0 Å². The van der Waals surface area contributed by atoms with Crippen LogP contribution in [-0.4, -0.2) is 13.0 Å². The monoisotopic (exact) mass is 414 g/mol. The van der Waals surface area contributed by atoms with E-state index in [0.717, 1.165) is 23.4 Å². The third kappa shape index (κ3) is 5.61. The normalized spacial score (nSPS) is 12.3. The van der Waals surface area contributed by atoms with Crippen molar-refractivity contribution in [3.8, 4) is 5.75 Å². The Bertz CT molecular complexity index is 974. The Hall–Kier alpha value is -3.32. The number of rotatable bonds is 7. The SMILES string of the molecule is COc1ccc(CNC(C(=O)Nc2cccc(C(F)(F)F)c2)c2ccccc2)cc1. The molecule has 0 spiro atoms. The molecule has 0 aliphatic rings. The molecule has 0 aromatic heterocycles. The Morgan fingerprint density at radius 3 is 2.30 bits per heavy atom. The van der Waals surface area contributed by atoms with Crippen molar-refractivity contribution in [1.82, 2.24) is 5.32 Å². The summed E-state index contributed by atoms with van der Waals surface area (Å²) in [5, 5.41) is 5.77. The summed E-state index contributed by atoms with van der Waals surface area (Å²) >= 11 is 0. The van der Waals surface area contributed by atoms with E-state index in [-0.39, 0.29) is 5.69 Å². The average Bonchev–Trinajstić information content (AvgIpc) is 2.75. The van der Waals surface area contributed by atoms with Gasteiger partial charge in [0.2, 0.25) is 5.91 Å². The predicted octanol–water partition coefficient (Wildman–Crippen LogP) is 5.18. The molecule has 0 heterocycles. The van der Waals surface area contributed by atoms with Crippen LogP contribution in [0.15, 0.2) is 78.9 Å². The molecule has 0 aliphatic carbocycles. The third-order valence-corrected chi connectivity index (χ3v) is 4.52. The first-order valence-electron chi connectivity index (χ1n) is 9.26. The number of halogens is 3. The summed E-state index contributed by atoms with van der Waals surface area (Å²) in [6, 6.07) is 20.2. The molecule has 3 aromatic carbocycles. The summed E-state index contributed by atoms with van der Waals surface area (Å²) in [6.45, 7) is 0.388. The molecule has 2 N–H and O–H groups in total. The molecule has 156 valence electrons. The number of amides is 1. The molecule has 0 fully saturated rings. The highest BCUT2D eigenvalue weighted by Gasteiger charge is 2.30. The molecule has 0 radical (unpaired) electrons. The van der Waals surface area contributed by atoms with Crippen molar-refractivity contribution in [2.45, 2.75) is 18.8 Å². The fraction of sp³-hybridized carbons (Fsp3) is 0.174. The first kappa shape index (κ1) is 21.4. The molecular weight excluding hydrogens is 393 g/mol. The maximum absolute atomic E-state index is 13.0. The van der Waals surface area contributed by atoms with Crippen LogP contribution in [0, 0.1) is 0 Å². The van der Waals surface area contributed by atoms with Crippen LogP contribution in [0.25, 0.3) is 0 Å². The molecule has 0 saturated carbocycles. The first-order valence-corrected chi connectivity index (χ1v) is 9.26. The lowest BCUT2D eigenvalue weighted by molar-refractivity contribution is -0.137. The fourth-order valence-corrected chi connectivity index (χ4v) is 2.96. The van der Waals surface area contributed by atoms with Gasteiger partial charge in [-0.2, -0.15) is 13.2 Å². The topological polar surface area (TPSA) is 50.4 Å². The van der Waals surface area contributed by atoms with E-state index >= 15 is 0 Å². The first-order chi connectivity index (χ1) is 14.4. The van der Waals surface area contributed by atoms with Gasteiger partial charge in [-0.3, -0.25) is 10.1 Å². The van der Waals surface area contributed by atoms with Gasteiger partial charge in [0.25, 0.3) is 0 Å². The Labute approximate surface area is 172 Å². The lowest BCUT2D eigenvalue weighted by Crippen LogP contribution is -2.32. The van der Waals surface area contributed by atoms with Gasteiger partial charge in [0.1, 0.15) is 11.8 Å². The van der Waals surface area contributed by atoms with Crippen LogP contribution >= 0.6 is 0 Å². The minimum atomic E-state index is -4.48. The quantitative estimate of drug-likeness (QED) is 0.560. The van der Waals surface area contributed by atoms with E-state index in [0.29, 0.717) is 12.1 Å². The van der Waals surface area contributed by atoms with Crippen molar-refractivity contribution in [3.05, 3.63) is 95.6 Å². The Balaban J connectivity index is 1.77. The molecule has 30 heavy (non-hydrogen) atoms. The van der Waals surface area contributed by atoms with Crippen LogP contribution in [0.5, 0.6) is 5.75 Å². The van der Waals surface area contributed by atoms with E-state index in [1.165, 1.54) is 12.1 Å². The maximum Gasteiger partial charge on any atom is 0.416 e. The van der Waals surface area contributed by atoms with Crippen molar-refractivity contribution >= 4 is 11.6 Å². The molecule has 0 saturated heterocycles. The molecular formula is C23H21F3N2O2. The van der Waals surface area contributed by atoms with Crippen LogP contribution in [0.1, 0.15) is 22.7 Å². The zero-order valence-corrected chi connectivity index (χ0v) is 16.2. The van der Waals surface area contributed by atoms with Crippen molar-refractivity contribution in [3.63, 3.8) is 0 Å². The lowest BCUT2D eigenvalue weighted by Gasteiger charge is -2.19. The number of ether oxygens (including phenoxy) is 1. The van der Waals surface area contributed by atoms with Crippen molar-refractivity contribution in [2.24, 2.45) is 0 Å². The fourth-order valence-electron chi connectivity index (χ4n) is 2.96. The number of nitrogens with one attached hydrogen (secondary N) is 2. The summed E-state index contributed by atoms with van der Waals surface area (Å²) in [6.07, 6.45) is -4.48. The van der Waals surface area contributed by atoms with Crippen LogP contribution in [0.2, 0.25) is 0 Å². The summed E-state index contributed by atoms with van der Waals surface area (Å²) in [5.74, 6) is 0.273. The standard InChI is InChI=1S/C23H21F3N2O2/c1-30-20-12-10-16(11-13-20)15-27-21(17-6-3-2-4-7-17)22(29)28-19-9-5-8-18(14-19)23(24,25)26/h2-14,21,27H,15H2,1H3,(H,28,29). The second-order valence-corrected chi connectivity index (χ2v) is 6.64. The summed E-state index contributed by atoms with van der Waals surface area (Å²) in [5.41, 5.74) is 0.906. The summed E-state index contributed by atoms with van der Waals surface area (Å²) in [7, 11) is 1.58. The Morgan fingerprint density at radius 1 is 0.967 bits per heavy atom. The van der Waals surface area contributed by atoms with Gasteiger partial charge in [-0.25, -0.2) is 0 Å². The van der Waals surface area contributed by atoms with Crippen LogP contribution in [0.4, 0.5) is 18.9 Å². The number of anilines is 1. The number of hydrogen-bond donors (Lipinski definition) is 2. The smallest absolute Gasteiger partial charge is 0.416 e. The van der Waals surface area contributed by atoms with Crippen LogP contribution < -0.4 is 15.4 Å². The lowest BCUT2D eigenvalue weighted by atomic mass is 10.1. The van der Waals surface area contributed by atoms with Gasteiger partial charge in [0, 0.05) is 12.2 Å². The number of methoxy groups -OCH3 is 1. The zero-order valence-electron chi connectivity index (χ0n) is 16.2. The highest BCUT2D eigenvalue weighted by molar-refractivity contribution is 5.95. The summed E-state index contributed by atoms with van der Waals surface area (Å²) in [4.78, 5) is 12.9. The van der Waals surface area contributed by atoms with Gasteiger partial charge in [-0.05, 0) is 41.5 Å². The second kappa shape index (κ2) is 9.45. The third-order valence-electron chi connectivity index (χ3n) is 4.52. The van der Waals surface area contributed by atoms with Crippen molar-refractivity contribution in [1.29, 1.82) is 0 Å². The second-order valence-electron chi connectivity index (χ2n) is 6.64. The number of benzene rings is 3. The van der Waals surface area contributed by atoms with Gasteiger partial charge in [-0.1, -0.05) is 48.5 Å². The van der Waals surface area contributed by atoms with E-state index in [1.807, 2.05) is 30.3 Å². The highest BCUT2D eigenvalue weighted by atomic mass is 19.4. The van der Waals surface area contributed by atoms with Gasteiger partial charge in [-0.15, -0.1) is 0 Å².